The van der Waals surface area contributed by atoms with Gasteiger partial charge < -0.3 is 8.98 Å². The van der Waals surface area contributed by atoms with E-state index in [0.717, 1.165) is 43.5 Å². The molecule has 0 fully saturated rings. The van der Waals surface area contributed by atoms with Crippen LogP contribution in [0.1, 0.15) is 5.56 Å². The van der Waals surface area contributed by atoms with Gasteiger partial charge in [0, 0.05) is 22.0 Å². The van der Waals surface area contributed by atoms with Crippen LogP contribution in [0.25, 0.3) is 22.4 Å². The first-order chi connectivity index (χ1) is 14.3. The first kappa shape index (κ1) is 17.9. The van der Waals surface area contributed by atoms with Crippen molar-refractivity contribution >= 4 is 39.6 Å². The number of hydrogen-bond acceptors (Lipinski definition) is 4. The molecule has 0 saturated carbocycles. The van der Waals surface area contributed by atoms with E-state index in [1.807, 2.05) is 60.7 Å². The van der Waals surface area contributed by atoms with Crippen LogP contribution < -0.4 is 4.80 Å². The van der Waals surface area contributed by atoms with E-state index in [9.17, 15) is 0 Å². The number of nitrogens with zero attached hydrogens (tertiary/aromatic N) is 3. The Hall–Kier alpha value is -3.15. The molecular weight excluding hydrogens is 402 g/mol. The number of benzene rings is 2. The summed E-state index contributed by atoms with van der Waals surface area (Å²) in [6.45, 7) is 0.592. The molecular formula is C23H16ClN3OS. The quantitative estimate of drug-likeness (QED) is 0.344. The van der Waals surface area contributed by atoms with E-state index in [1.54, 1.807) is 23.7 Å². The van der Waals surface area contributed by atoms with Crippen LogP contribution in [0.4, 0.5) is 5.69 Å². The molecule has 3 heterocycles. The molecule has 4 nitrogen and oxygen atoms in total. The second kappa shape index (κ2) is 7.70. The Morgan fingerprint density at radius 2 is 1.90 bits per heavy atom. The van der Waals surface area contributed by atoms with Crippen LogP contribution in [0.5, 0.6) is 0 Å². The summed E-state index contributed by atoms with van der Waals surface area (Å²) >= 11 is 8.01. The first-order valence-electron chi connectivity index (χ1n) is 9.13. The Morgan fingerprint density at radius 1 is 1.03 bits per heavy atom. The normalized spacial score (nSPS) is 12.0. The van der Waals surface area contributed by atoms with Crippen LogP contribution in [0.2, 0.25) is 5.02 Å². The number of halogens is 1. The zero-order valence-electron chi connectivity index (χ0n) is 15.3. The van der Waals surface area contributed by atoms with Gasteiger partial charge in [0.05, 0.1) is 24.1 Å². The Balaban J connectivity index is 1.68. The van der Waals surface area contributed by atoms with Gasteiger partial charge in [0.1, 0.15) is 5.58 Å². The number of pyridine rings is 1. The van der Waals surface area contributed by atoms with Gasteiger partial charge in [0.15, 0.2) is 10.6 Å². The summed E-state index contributed by atoms with van der Waals surface area (Å²) < 4.78 is 8.26. The predicted molar refractivity (Wildman–Crippen MR) is 118 cm³/mol. The van der Waals surface area contributed by atoms with E-state index < -0.39 is 0 Å². The summed E-state index contributed by atoms with van der Waals surface area (Å²) in [6.07, 6.45) is 3.49. The maximum atomic E-state index is 6.44. The van der Waals surface area contributed by atoms with E-state index in [4.69, 9.17) is 21.0 Å². The lowest BCUT2D eigenvalue weighted by Crippen LogP contribution is -2.16. The van der Waals surface area contributed by atoms with E-state index in [-0.39, 0.29) is 0 Å². The van der Waals surface area contributed by atoms with Crippen LogP contribution in [0.3, 0.4) is 0 Å². The molecule has 0 saturated heterocycles. The Labute approximate surface area is 176 Å². The number of aromatic nitrogens is 2. The maximum Gasteiger partial charge on any atom is 0.190 e. The van der Waals surface area contributed by atoms with Crippen LogP contribution >= 0.6 is 22.9 Å². The fraction of sp³-hybridized carbons (Fsp3) is 0.0435. The average molecular weight is 418 g/mol. The smallest absolute Gasteiger partial charge is 0.190 e. The first-order valence-corrected chi connectivity index (χ1v) is 10.4. The minimum Gasteiger partial charge on any atom is -0.454 e. The molecule has 0 spiro atoms. The third kappa shape index (κ3) is 3.62. The number of rotatable bonds is 4. The highest BCUT2D eigenvalue weighted by Crippen LogP contribution is 2.29. The van der Waals surface area contributed by atoms with Crippen LogP contribution in [0, 0.1) is 0 Å². The SMILES string of the molecule is Clc1ccccc1Cn1c(-c2cc3ccccc3o2)csc1=Nc1cccnc1. The lowest BCUT2D eigenvalue weighted by molar-refractivity contribution is 0.618. The summed E-state index contributed by atoms with van der Waals surface area (Å²) in [4.78, 5) is 9.82. The number of furan rings is 1. The fourth-order valence-electron chi connectivity index (χ4n) is 3.20. The molecule has 0 aliphatic carbocycles. The highest BCUT2D eigenvalue weighted by atomic mass is 35.5. The molecule has 29 heavy (non-hydrogen) atoms. The van der Waals surface area contributed by atoms with Gasteiger partial charge >= 0.3 is 0 Å². The molecule has 2 aromatic carbocycles. The van der Waals surface area contributed by atoms with Gasteiger partial charge in [0.2, 0.25) is 0 Å². The van der Waals surface area contributed by atoms with Crippen molar-refractivity contribution in [2.24, 2.45) is 4.99 Å². The van der Waals surface area contributed by atoms with Crippen molar-refractivity contribution in [1.82, 2.24) is 9.55 Å². The van der Waals surface area contributed by atoms with E-state index in [2.05, 4.69) is 21.0 Å². The summed E-state index contributed by atoms with van der Waals surface area (Å²) in [6, 6.07) is 21.8. The number of para-hydroxylation sites is 1. The van der Waals surface area contributed by atoms with Gasteiger partial charge in [0.25, 0.3) is 0 Å². The zero-order chi connectivity index (χ0) is 19.6. The maximum absolute atomic E-state index is 6.44. The predicted octanol–water partition coefficient (Wildman–Crippen LogP) is 6.29. The molecule has 0 unspecified atom stereocenters. The molecule has 0 N–H and O–H groups in total. The van der Waals surface area contributed by atoms with Crippen molar-refractivity contribution in [3.05, 3.63) is 99.9 Å². The fourth-order valence-corrected chi connectivity index (χ4v) is 4.31. The molecule has 0 amide bonds. The number of fused-ring (bicyclic) bond motifs is 1. The highest BCUT2D eigenvalue weighted by molar-refractivity contribution is 7.07. The Bertz CT molecular complexity index is 1320. The Kier molecular flexibility index (Phi) is 4.76. The third-order valence-corrected chi connectivity index (χ3v) is 5.86. The molecule has 5 aromatic rings. The summed E-state index contributed by atoms with van der Waals surface area (Å²) in [5.74, 6) is 0.808. The van der Waals surface area contributed by atoms with E-state index >= 15 is 0 Å². The minimum atomic E-state index is 0.592. The molecule has 0 bridgehead atoms. The summed E-state index contributed by atoms with van der Waals surface area (Å²) in [7, 11) is 0. The van der Waals surface area contributed by atoms with Gasteiger partial charge in [-0.05, 0) is 35.9 Å². The summed E-state index contributed by atoms with van der Waals surface area (Å²) in [5.41, 5.74) is 3.66. The van der Waals surface area contributed by atoms with Crippen molar-refractivity contribution in [3.63, 3.8) is 0 Å². The third-order valence-electron chi connectivity index (χ3n) is 4.63. The topological polar surface area (TPSA) is 43.3 Å². The van der Waals surface area contributed by atoms with Crippen LogP contribution in [0.15, 0.2) is 93.9 Å². The van der Waals surface area contributed by atoms with E-state index in [1.165, 1.54) is 0 Å². The lowest BCUT2D eigenvalue weighted by Gasteiger charge is -2.09. The molecule has 0 aliphatic rings. The van der Waals surface area contributed by atoms with Gasteiger partial charge in [-0.2, -0.15) is 0 Å². The van der Waals surface area contributed by atoms with E-state index in [0.29, 0.717) is 6.54 Å². The van der Waals surface area contributed by atoms with Crippen molar-refractivity contribution < 1.29 is 4.42 Å². The van der Waals surface area contributed by atoms with Gasteiger partial charge in [-0.3, -0.25) is 4.98 Å². The monoisotopic (exact) mass is 417 g/mol. The van der Waals surface area contributed by atoms with Crippen LogP contribution in [-0.2, 0) is 6.54 Å². The molecule has 6 heteroatoms. The molecule has 3 aromatic heterocycles. The molecule has 5 rings (SSSR count). The summed E-state index contributed by atoms with van der Waals surface area (Å²) in [5, 5.41) is 3.88. The standard InChI is InChI=1S/C23H16ClN3OS/c24-19-9-3-1-7-17(19)14-27-20(22-12-16-6-2-4-10-21(16)28-22)15-29-23(27)26-18-8-5-11-25-13-18/h1-13,15H,14H2. The van der Waals surface area contributed by atoms with Gasteiger partial charge in [-0.1, -0.05) is 48.0 Å². The Morgan fingerprint density at radius 3 is 2.72 bits per heavy atom. The number of thiazole rings is 1. The van der Waals surface area contributed by atoms with Crippen molar-refractivity contribution in [1.29, 1.82) is 0 Å². The average Bonchev–Trinajstić information content (AvgIpc) is 3.34. The zero-order valence-corrected chi connectivity index (χ0v) is 16.9. The molecule has 0 radical (unpaired) electrons. The highest BCUT2D eigenvalue weighted by Gasteiger charge is 2.14. The second-order valence-corrected chi connectivity index (χ2v) is 7.80. The van der Waals surface area contributed by atoms with Gasteiger partial charge in [-0.25, -0.2) is 4.99 Å². The molecule has 142 valence electrons. The van der Waals surface area contributed by atoms with Crippen molar-refractivity contribution in [2.75, 3.05) is 0 Å². The molecule has 0 aliphatic heterocycles. The lowest BCUT2D eigenvalue weighted by atomic mass is 10.2. The minimum absolute atomic E-state index is 0.592. The second-order valence-electron chi connectivity index (χ2n) is 6.55. The van der Waals surface area contributed by atoms with Gasteiger partial charge in [-0.15, -0.1) is 11.3 Å². The van der Waals surface area contributed by atoms with Crippen LogP contribution in [-0.4, -0.2) is 9.55 Å². The van der Waals surface area contributed by atoms with Crippen molar-refractivity contribution in [2.45, 2.75) is 6.54 Å². The number of hydrogen-bond donors (Lipinski definition) is 0. The molecule has 0 atom stereocenters. The van der Waals surface area contributed by atoms with Crippen molar-refractivity contribution in [3.8, 4) is 11.5 Å². The largest absolute Gasteiger partial charge is 0.454 e.